The average Bonchev–Trinajstić information content (AvgIpc) is 2.46. The van der Waals surface area contributed by atoms with Gasteiger partial charge in [0.1, 0.15) is 11.1 Å². The van der Waals surface area contributed by atoms with Gasteiger partial charge in [0.2, 0.25) is 0 Å². The van der Waals surface area contributed by atoms with Crippen LogP contribution in [0.15, 0.2) is 63.8 Å². The summed E-state index contributed by atoms with van der Waals surface area (Å²) in [6.07, 6.45) is 0. The van der Waals surface area contributed by atoms with Crippen LogP contribution in [0.25, 0.3) is 11.0 Å². The minimum absolute atomic E-state index is 0.0195. The number of rotatable bonds is 2. The van der Waals surface area contributed by atoms with Gasteiger partial charge in [-0.15, -0.1) is 0 Å². The third-order valence-electron chi connectivity index (χ3n) is 2.99. The highest BCUT2D eigenvalue weighted by Crippen LogP contribution is 2.16. The summed E-state index contributed by atoms with van der Waals surface area (Å²) in [6, 6.07) is 15.0. The quantitative estimate of drug-likeness (QED) is 0.533. The van der Waals surface area contributed by atoms with Crippen LogP contribution in [0.3, 0.4) is 0 Å². The molecule has 1 heterocycles. The Hall–Kier alpha value is -2.39. The molecule has 0 atom stereocenters. The first-order chi connectivity index (χ1) is 9.65. The highest BCUT2D eigenvalue weighted by molar-refractivity contribution is 6.30. The molecule has 0 radical (unpaired) electrons. The van der Waals surface area contributed by atoms with Gasteiger partial charge in [0.25, 0.3) is 0 Å². The molecule has 20 heavy (non-hydrogen) atoms. The van der Waals surface area contributed by atoms with Gasteiger partial charge in [-0.2, -0.15) is 0 Å². The number of carbonyl (C=O) groups excluding carboxylic acids is 1. The van der Waals surface area contributed by atoms with E-state index in [1.807, 2.05) is 6.07 Å². The molecule has 0 saturated heterocycles. The van der Waals surface area contributed by atoms with Crippen LogP contribution in [0.1, 0.15) is 15.9 Å². The Morgan fingerprint density at radius 3 is 2.45 bits per heavy atom. The van der Waals surface area contributed by atoms with E-state index in [2.05, 4.69) is 0 Å². The first kappa shape index (κ1) is 12.6. The van der Waals surface area contributed by atoms with E-state index >= 15 is 0 Å². The van der Waals surface area contributed by atoms with Gasteiger partial charge >= 0.3 is 5.63 Å². The molecule has 0 aliphatic rings. The number of hydrogen-bond donors (Lipinski definition) is 0. The summed E-state index contributed by atoms with van der Waals surface area (Å²) in [5, 5.41) is 1.25. The molecular weight excluding hydrogens is 276 g/mol. The monoisotopic (exact) mass is 284 g/mol. The van der Waals surface area contributed by atoms with Gasteiger partial charge in [0.05, 0.1) is 0 Å². The molecular formula is C16H9ClO3. The summed E-state index contributed by atoms with van der Waals surface area (Å²) in [4.78, 5) is 24.2. The highest BCUT2D eigenvalue weighted by atomic mass is 35.5. The molecule has 98 valence electrons. The fraction of sp³-hybridized carbons (Fsp3) is 0. The van der Waals surface area contributed by atoms with E-state index < -0.39 is 5.63 Å². The number of fused-ring (bicyclic) bond motifs is 1. The van der Waals surface area contributed by atoms with Crippen LogP contribution in [-0.4, -0.2) is 5.78 Å². The second-order valence-electron chi connectivity index (χ2n) is 4.32. The lowest BCUT2D eigenvalue weighted by Crippen LogP contribution is -2.14. The van der Waals surface area contributed by atoms with Crippen molar-refractivity contribution >= 4 is 28.4 Å². The highest BCUT2D eigenvalue weighted by Gasteiger charge is 2.15. The first-order valence-electron chi connectivity index (χ1n) is 5.98. The molecule has 2 aromatic carbocycles. The van der Waals surface area contributed by atoms with Crippen molar-refractivity contribution in [1.29, 1.82) is 0 Å². The summed E-state index contributed by atoms with van der Waals surface area (Å²) in [7, 11) is 0. The molecule has 3 nitrogen and oxygen atoms in total. The smallest absolute Gasteiger partial charge is 0.347 e. The van der Waals surface area contributed by atoms with Crippen molar-refractivity contribution in [2.24, 2.45) is 0 Å². The molecule has 0 fully saturated rings. The van der Waals surface area contributed by atoms with Crippen molar-refractivity contribution in [3.63, 3.8) is 0 Å². The summed E-state index contributed by atoms with van der Waals surface area (Å²) >= 11 is 5.78. The molecule has 1 aromatic heterocycles. The third kappa shape index (κ3) is 2.24. The zero-order valence-corrected chi connectivity index (χ0v) is 11.1. The van der Waals surface area contributed by atoms with Crippen molar-refractivity contribution in [3.8, 4) is 0 Å². The molecule has 0 spiro atoms. The molecule has 3 rings (SSSR count). The normalized spacial score (nSPS) is 10.7. The van der Waals surface area contributed by atoms with Crippen molar-refractivity contribution in [2.75, 3.05) is 0 Å². The van der Waals surface area contributed by atoms with Gasteiger partial charge in [-0.05, 0) is 36.4 Å². The Bertz CT molecular complexity index is 847. The fourth-order valence-corrected chi connectivity index (χ4v) is 2.10. The predicted octanol–water partition coefficient (Wildman–Crippen LogP) is 3.68. The topological polar surface area (TPSA) is 47.3 Å². The molecule has 0 aliphatic heterocycles. The lowest BCUT2D eigenvalue weighted by molar-refractivity contribution is 0.103. The maximum Gasteiger partial charge on any atom is 0.347 e. The maximum atomic E-state index is 12.3. The number of ketones is 1. The predicted molar refractivity (Wildman–Crippen MR) is 77.4 cm³/mol. The number of benzene rings is 2. The maximum absolute atomic E-state index is 12.3. The summed E-state index contributed by atoms with van der Waals surface area (Å²) in [5.41, 5.74) is 0.247. The minimum atomic E-state index is -0.636. The molecule has 3 aromatic rings. The second-order valence-corrected chi connectivity index (χ2v) is 4.76. The van der Waals surface area contributed by atoms with E-state index in [1.54, 1.807) is 48.5 Å². The van der Waals surface area contributed by atoms with Gasteiger partial charge in [-0.25, -0.2) is 4.79 Å². The lowest BCUT2D eigenvalue weighted by atomic mass is 10.0. The van der Waals surface area contributed by atoms with Gasteiger partial charge in [0.15, 0.2) is 5.78 Å². The fourth-order valence-electron chi connectivity index (χ4n) is 1.98. The standard InChI is InChI=1S/C16H9ClO3/c17-12-7-5-10(6-8-12)15(18)13-9-11-3-1-2-4-14(11)20-16(13)19/h1-9H. The Morgan fingerprint density at radius 1 is 1.00 bits per heavy atom. The van der Waals surface area contributed by atoms with Crippen LogP contribution in [0.5, 0.6) is 0 Å². The number of hydrogen-bond acceptors (Lipinski definition) is 3. The van der Waals surface area contributed by atoms with E-state index in [1.165, 1.54) is 0 Å². The van der Waals surface area contributed by atoms with Crippen LogP contribution in [0.2, 0.25) is 5.02 Å². The van der Waals surface area contributed by atoms with Crippen molar-refractivity contribution in [1.82, 2.24) is 0 Å². The van der Waals surface area contributed by atoms with E-state index in [-0.39, 0.29) is 11.3 Å². The Morgan fingerprint density at radius 2 is 1.70 bits per heavy atom. The van der Waals surface area contributed by atoms with Gasteiger partial charge in [-0.1, -0.05) is 29.8 Å². The molecule has 0 saturated carbocycles. The lowest BCUT2D eigenvalue weighted by Gasteiger charge is -2.02. The molecule has 0 bridgehead atoms. The summed E-state index contributed by atoms with van der Waals surface area (Å²) in [5.74, 6) is -0.374. The zero-order valence-electron chi connectivity index (χ0n) is 10.3. The molecule has 0 amide bonds. The Kier molecular flexibility index (Phi) is 3.12. The Labute approximate surface area is 119 Å². The first-order valence-corrected chi connectivity index (χ1v) is 6.36. The zero-order chi connectivity index (χ0) is 14.1. The summed E-state index contributed by atoms with van der Waals surface area (Å²) in [6.45, 7) is 0. The second kappa shape index (κ2) is 4.94. The van der Waals surface area contributed by atoms with Crippen LogP contribution in [-0.2, 0) is 0 Å². The van der Waals surface area contributed by atoms with Crippen molar-refractivity contribution in [2.45, 2.75) is 0 Å². The van der Waals surface area contributed by atoms with E-state index in [4.69, 9.17) is 16.0 Å². The van der Waals surface area contributed by atoms with Crippen LogP contribution in [0.4, 0.5) is 0 Å². The van der Waals surface area contributed by atoms with Crippen LogP contribution >= 0.6 is 11.6 Å². The molecule has 4 heteroatoms. The SMILES string of the molecule is O=C(c1ccc(Cl)cc1)c1cc2ccccc2oc1=O. The number of carbonyl (C=O) groups is 1. The third-order valence-corrected chi connectivity index (χ3v) is 3.24. The summed E-state index contributed by atoms with van der Waals surface area (Å²) < 4.78 is 5.16. The average molecular weight is 285 g/mol. The molecule has 0 aliphatic carbocycles. The largest absolute Gasteiger partial charge is 0.422 e. The molecule has 0 N–H and O–H groups in total. The van der Waals surface area contributed by atoms with E-state index in [0.717, 1.165) is 0 Å². The van der Waals surface area contributed by atoms with Crippen molar-refractivity contribution in [3.05, 3.63) is 81.2 Å². The van der Waals surface area contributed by atoms with Crippen molar-refractivity contribution < 1.29 is 9.21 Å². The number of halogens is 1. The van der Waals surface area contributed by atoms with E-state index in [0.29, 0.717) is 21.6 Å². The van der Waals surface area contributed by atoms with Gasteiger partial charge in [-0.3, -0.25) is 4.79 Å². The minimum Gasteiger partial charge on any atom is -0.422 e. The van der Waals surface area contributed by atoms with E-state index in [9.17, 15) is 9.59 Å². The van der Waals surface area contributed by atoms with Gasteiger partial charge < -0.3 is 4.42 Å². The number of para-hydroxylation sites is 1. The van der Waals surface area contributed by atoms with Crippen LogP contribution < -0.4 is 5.63 Å². The molecule has 0 unspecified atom stereocenters. The van der Waals surface area contributed by atoms with Crippen LogP contribution in [0, 0.1) is 0 Å². The Balaban J connectivity index is 2.14. The van der Waals surface area contributed by atoms with Gasteiger partial charge in [0, 0.05) is 16.0 Å².